The van der Waals surface area contributed by atoms with Crippen LogP contribution in [0.3, 0.4) is 0 Å². The zero-order valence-electron chi connectivity index (χ0n) is 15.2. The van der Waals surface area contributed by atoms with Gasteiger partial charge in [0.05, 0.1) is 17.3 Å². The largest absolute Gasteiger partial charge is 0.339 e. The number of nitrogens with one attached hydrogen (secondary N) is 1. The minimum atomic E-state index is -0.253. The van der Waals surface area contributed by atoms with Crippen molar-refractivity contribution in [1.29, 1.82) is 0 Å². The summed E-state index contributed by atoms with van der Waals surface area (Å²) >= 11 is 6.12. The molecule has 0 bridgehead atoms. The summed E-state index contributed by atoms with van der Waals surface area (Å²) < 4.78 is 1.82. The van der Waals surface area contributed by atoms with Crippen LogP contribution in [0.1, 0.15) is 65.4 Å². The number of nitrogens with zero attached hydrogens (tertiary/aromatic N) is 3. The number of carbonyl (C=O) groups excluding carboxylic acids is 2. The molecule has 0 unspecified atom stereocenters. The molecule has 2 amide bonds. The molecular formula is C20H23ClN4O2. The molecule has 2 aliphatic rings. The van der Waals surface area contributed by atoms with Gasteiger partial charge < -0.3 is 10.2 Å². The molecule has 1 N–H and O–H groups in total. The fraction of sp³-hybridized carbons (Fsp3) is 0.450. The Bertz CT molecular complexity index is 851. The molecular weight excluding hydrogens is 364 g/mol. The van der Waals surface area contributed by atoms with Gasteiger partial charge in [-0.3, -0.25) is 14.3 Å². The van der Waals surface area contributed by atoms with Gasteiger partial charge in [0.25, 0.3) is 11.8 Å². The third kappa shape index (κ3) is 3.72. The number of hydrogen-bond donors (Lipinski definition) is 1. The van der Waals surface area contributed by atoms with Crippen LogP contribution in [0, 0.1) is 0 Å². The van der Waals surface area contributed by atoms with Crippen molar-refractivity contribution in [3.05, 3.63) is 46.7 Å². The summed E-state index contributed by atoms with van der Waals surface area (Å²) in [5.41, 5.74) is 1.45. The maximum absolute atomic E-state index is 12.9. The van der Waals surface area contributed by atoms with E-state index in [4.69, 9.17) is 11.6 Å². The Kier molecular flexibility index (Phi) is 5.16. The number of rotatable bonds is 4. The second-order valence-corrected chi connectivity index (χ2v) is 7.68. The topological polar surface area (TPSA) is 67.2 Å². The first-order chi connectivity index (χ1) is 13.1. The summed E-state index contributed by atoms with van der Waals surface area (Å²) in [5.74, 6) is -0.341. The highest BCUT2D eigenvalue weighted by molar-refractivity contribution is 6.31. The summed E-state index contributed by atoms with van der Waals surface area (Å²) in [6.07, 6.45) is 8.09. The Hall–Kier alpha value is -2.34. The molecule has 1 aliphatic carbocycles. The fourth-order valence-electron chi connectivity index (χ4n) is 4.01. The molecule has 27 heavy (non-hydrogen) atoms. The van der Waals surface area contributed by atoms with Crippen molar-refractivity contribution < 1.29 is 9.59 Å². The first kappa shape index (κ1) is 18.0. The molecule has 0 spiro atoms. The first-order valence-corrected chi connectivity index (χ1v) is 9.95. The number of aromatic nitrogens is 2. The number of benzene rings is 1. The molecule has 1 aromatic carbocycles. The number of carbonyl (C=O) groups is 2. The van der Waals surface area contributed by atoms with E-state index in [1.54, 1.807) is 30.5 Å². The van der Waals surface area contributed by atoms with Crippen LogP contribution in [0.5, 0.6) is 0 Å². The van der Waals surface area contributed by atoms with Gasteiger partial charge in [-0.05, 0) is 49.9 Å². The zero-order chi connectivity index (χ0) is 18.8. The molecule has 1 aliphatic heterocycles. The molecule has 6 nitrogen and oxygen atoms in total. The predicted molar refractivity (Wildman–Crippen MR) is 104 cm³/mol. The molecule has 4 rings (SSSR count). The maximum atomic E-state index is 12.9. The highest BCUT2D eigenvalue weighted by atomic mass is 35.5. The van der Waals surface area contributed by atoms with Crippen LogP contribution in [-0.2, 0) is 0 Å². The van der Waals surface area contributed by atoms with Gasteiger partial charge in [-0.2, -0.15) is 5.10 Å². The number of likely N-dealkylation sites (tertiary alicyclic amines) is 1. The average Bonchev–Trinajstić information content (AvgIpc) is 3.42. The summed E-state index contributed by atoms with van der Waals surface area (Å²) in [5, 5.41) is 7.74. The molecule has 1 saturated carbocycles. The zero-order valence-corrected chi connectivity index (χ0v) is 15.9. The van der Waals surface area contributed by atoms with Crippen LogP contribution in [0.15, 0.2) is 30.5 Å². The lowest BCUT2D eigenvalue weighted by atomic mass is 10.1. The molecule has 2 fully saturated rings. The van der Waals surface area contributed by atoms with Gasteiger partial charge in [0.2, 0.25) is 0 Å². The van der Waals surface area contributed by atoms with Crippen molar-refractivity contribution >= 4 is 29.1 Å². The average molecular weight is 387 g/mol. The second-order valence-electron chi connectivity index (χ2n) is 7.24. The van der Waals surface area contributed by atoms with E-state index in [-0.39, 0.29) is 17.9 Å². The summed E-state index contributed by atoms with van der Waals surface area (Å²) in [7, 11) is 0. The van der Waals surface area contributed by atoms with Crippen molar-refractivity contribution in [2.45, 2.75) is 44.6 Å². The molecule has 2 heterocycles. The quantitative estimate of drug-likeness (QED) is 0.858. The van der Waals surface area contributed by atoms with Crippen molar-refractivity contribution in [1.82, 2.24) is 14.7 Å². The van der Waals surface area contributed by atoms with Gasteiger partial charge in [-0.15, -0.1) is 0 Å². The van der Waals surface area contributed by atoms with Crippen LogP contribution >= 0.6 is 11.6 Å². The van der Waals surface area contributed by atoms with Crippen molar-refractivity contribution in [2.75, 3.05) is 18.4 Å². The maximum Gasteiger partial charge on any atom is 0.273 e. The lowest BCUT2D eigenvalue weighted by Crippen LogP contribution is -2.29. The minimum Gasteiger partial charge on any atom is -0.339 e. The van der Waals surface area contributed by atoms with Crippen molar-refractivity contribution in [3.8, 4) is 0 Å². The molecule has 2 aromatic rings. The third-order valence-electron chi connectivity index (χ3n) is 5.43. The van der Waals surface area contributed by atoms with E-state index in [0.717, 1.165) is 51.6 Å². The molecule has 142 valence electrons. The lowest BCUT2D eigenvalue weighted by molar-refractivity contribution is 0.0794. The van der Waals surface area contributed by atoms with Crippen LogP contribution < -0.4 is 5.32 Å². The van der Waals surface area contributed by atoms with Gasteiger partial charge in [0.15, 0.2) is 0 Å². The first-order valence-electron chi connectivity index (χ1n) is 9.57. The second kappa shape index (κ2) is 7.72. The van der Waals surface area contributed by atoms with E-state index in [1.165, 1.54) is 0 Å². The molecule has 7 heteroatoms. The van der Waals surface area contributed by atoms with Crippen LogP contribution in [0.2, 0.25) is 5.02 Å². The molecule has 1 aromatic heterocycles. The molecule has 0 atom stereocenters. The van der Waals surface area contributed by atoms with Gasteiger partial charge >= 0.3 is 0 Å². The lowest BCUT2D eigenvalue weighted by Gasteiger charge is -2.19. The predicted octanol–water partition coefficient (Wildman–Crippen LogP) is 4.14. The van der Waals surface area contributed by atoms with E-state index in [0.29, 0.717) is 22.0 Å². The fourth-order valence-corrected chi connectivity index (χ4v) is 4.19. The van der Waals surface area contributed by atoms with E-state index < -0.39 is 0 Å². The Morgan fingerprint density at radius 1 is 1.07 bits per heavy atom. The Labute approximate surface area is 163 Å². The smallest absolute Gasteiger partial charge is 0.273 e. The van der Waals surface area contributed by atoms with Crippen LogP contribution in [-0.4, -0.2) is 39.6 Å². The summed E-state index contributed by atoms with van der Waals surface area (Å²) in [6.45, 7) is 1.49. The highest BCUT2D eigenvalue weighted by Gasteiger charge is 2.25. The van der Waals surface area contributed by atoms with E-state index in [9.17, 15) is 9.59 Å². The molecule has 0 radical (unpaired) electrons. The number of hydrogen-bond acceptors (Lipinski definition) is 3. The molecule has 1 saturated heterocycles. The van der Waals surface area contributed by atoms with Crippen LogP contribution in [0.25, 0.3) is 0 Å². The number of anilines is 1. The number of amides is 2. The van der Waals surface area contributed by atoms with E-state index in [2.05, 4.69) is 10.4 Å². The highest BCUT2D eigenvalue weighted by Crippen LogP contribution is 2.30. The minimum absolute atomic E-state index is 0.0883. The van der Waals surface area contributed by atoms with Gasteiger partial charge in [0, 0.05) is 24.3 Å². The van der Waals surface area contributed by atoms with Crippen LogP contribution in [0.4, 0.5) is 5.69 Å². The van der Waals surface area contributed by atoms with Crippen molar-refractivity contribution in [2.24, 2.45) is 0 Å². The normalized spacial score (nSPS) is 17.4. The third-order valence-corrected chi connectivity index (χ3v) is 5.66. The summed E-state index contributed by atoms with van der Waals surface area (Å²) in [6, 6.07) is 7.01. The monoisotopic (exact) mass is 386 g/mol. The summed E-state index contributed by atoms with van der Waals surface area (Å²) in [4.78, 5) is 27.6. The van der Waals surface area contributed by atoms with E-state index >= 15 is 0 Å². The van der Waals surface area contributed by atoms with Gasteiger partial charge in [0.1, 0.15) is 5.69 Å². The SMILES string of the molecule is O=C(Nc1ccc(Cl)cc1C(=O)N1CCCC1)c1ccnn1C1CCCC1. The van der Waals surface area contributed by atoms with Gasteiger partial charge in [-0.25, -0.2) is 0 Å². The Morgan fingerprint density at radius 3 is 2.56 bits per heavy atom. The number of halogens is 1. The Morgan fingerprint density at radius 2 is 1.81 bits per heavy atom. The standard InChI is InChI=1S/C20H23ClN4O2/c21-14-7-8-17(16(13-14)20(27)24-11-3-4-12-24)23-19(26)18-9-10-22-25(18)15-5-1-2-6-15/h7-10,13,15H,1-6,11-12H2,(H,23,26). The van der Waals surface area contributed by atoms with E-state index in [1.807, 2.05) is 9.58 Å². The van der Waals surface area contributed by atoms with Gasteiger partial charge in [-0.1, -0.05) is 24.4 Å². The van der Waals surface area contributed by atoms with Crippen molar-refractivity contribution in [3.63, 3.8) is 0 Å². The Balaban J connectivity index is 1.58.